The molecule has 1 aromatic rings. The summed E-state index contributed by atoms with van der Waals surface area (Å²) in [6.45, 7) is 5.86. The summed E-state index contributed by atoms with van der Waals surface area (Å²) >= 11 is 0. The van der Waals surface area contributed by atoms with E-state index in [1.165, 1.54) is 0 Å². The molecular weight excluding hydrogens is 268 g/mol. The molecule has 118 valence electrons. The minimum atomic E-state index is -0.170. The van der Waals surface area contributed by atoms with Crippen LogP contribution in [0.25, 0.3) is 0 Å². The van der Waals surface area contributed by atoms with E-state index in [1.807, 2.05) is 6.20 Å². The van der Waals surface area contributed by atoms with Crippen LogP contribution in [0.15, 0.2) is 12.3 Å². The number of amides is 2. The molecule has 1 heterocycles. The SMILES string of the molecule is COCCn1ccc(NC(=O)NC2CCC(C)(C)CC2)n1. The highest BCUT2D eigenvalue weighted by molar-refractivity contribution is 5.88. The third-order valence-corrected chi connectivity index (χ3v) is 4.08. The largest absolute Gasteiger partial charge is 0.383 e. The summed E-state index contributed by atoms with van der Waals surface area (Å²) < 4.78 is 6.75. The summed E-state index contributed by atoms with van der Waals surface area (Å²) in [6, 6.07) is 1.89. The Kier molecular flexibility index (Phi) is 5.22. The molecule has 0 atom stereocenters. The normalized spacial score (nSPS) is 18.4. The van der Waals surface area contributed by atoms with E-state index in [0.717, 1.165) is 25.7 Å². The summed E-state index contributed by atoms with van der Waals surface area (Å²) in [6.07, 6.45) is 6.23. The average Bonchev–Trinajstić information content (AvgIpc) is 2.86. The molecule has 6 heteroatoms. The molecule has 2 amide bonds. The number of nitrogens with zero attached hydrogens (tertiary/aromatic N) is 2. The second-order valence-corrected chi connectivity index (χ2v) is 6.49. The van der Waals surface area contributed by atoms with Crippen molar-refractivity contribution < 1.29 is 9.53 Å². The quantitative estimate of drug-likeness (QED) is 0.877. The van der Waals surface area contributed by atoms with Gasteiger partial charge in [0.2, 0.25) is 0 Å². The van der Waals surface area contributed by atoms with Gasteiger partial charge in [-0.05, 0) is 31.1 Å². The topological polar surface area (TPSA) is 68.2 Å². The van der Waals surface area contributed by atoms with Gasteiger partial charge in [-0.1, -0.05) is 13.8 Å². The van der Waals surface area contributed by atoms with Crippen molar-refractivity contribution >= 4 is 11.8 Å². The Morgan fingerprint density at radius 2 is 2.19 bits per heavy atom. The summed E-state index contributed by atoms with van der Waals surface area (Å²) in [5.41, 5.74) is 0.411. The van der Waals surface area contributed by atoms with Gasteiger partial charge in [0.15, 0.2) is 5.82 Å². The van der Waals surface area contributed by atoms with Crippen molar-refractivity contribution in [3.8, 4) is 0 Å². The number of carbonyl (C=O) groups is 1. The average molecular weight is 294 g/mol. The zero-order valence-electron chi connectivity index (χ0n) is 13.2. The molecular formula is C15H26N4O2. The maximum absolute atomic E-state index is 12.0. The number of anilines is 1. The van der Waals surface area contributed by atoms with Crippen LogP contribution in [0.2, 0.25) is 0 Å². The number of carbonyl (C=O) groups excluding carboxylic acids is 1. The lowest BCUT2D eigenvalue weighted by Gasteiger charge is -2.34. The van der Waals surface area contributed by atoms with Crippen LogP contribution in [0.3, 0.4) is 0 Å². The molecule has 1 aromatic heterocycles. The molecule has 0 bridgehead atoms. The van der Waals surface area contributed by atoms with Gasteiger partial charge < -0.3 is 10.1 Å². The minimum absolute atomic E-state index is 0.170. The van der Waals surface area contributed by atoms with Crippen LogP contribution >= 0.6 is 0 Å². The first kappa shape index (κ1) is 15.8. The fourth-order valence-corrected chi connectivity index (χ4v) is 2.62. The lowest BCUT2D eigenvalue weighted by molar-refractivity contribution is 0.183. The van der Waals surface area contributed by atoms with Crippen LogP contribution < -0.4 is 10.6 Å². The van der Waals surface area contributed by atoms with E-state index in [9.17, 15) is 4.79 Å². The standard InChI is InChI=1S/C15H26N4O2/c1-15(2)7-4-12(5-8-15)16-14(20)17-13-6-9-19(18-13)10-11-21-3/h6,9,12H,4-5,7-8,10-11H2,1-3H3,(H2,16,17,18,20). The highest BCUT2D eigenvalue weighted by Crippen LogP contribution is 2.34. The Balaban J connectivity index is 1.75. The molecule has 0 aromatic carbocycles. The molecule has 1 saturated carbocycles. The molecule has 2 rings (SSSR count). The molecule has 0 radical (unpaired) electrons. The van der Waals surface area contributed by atoms with E-state index in [2.05, 4.69) is 29.6 Å². The number of methoxy groups -OCH3 is 1. The molecule has 0 aliphatic heterocycles. The molecule has 6 nitrogen and oxygen atoms in total. The van der Waals surface area contributed by atoms with Gasteiger partial charge in [-0.15, -0.1) is 0 Å². The highest BCUT2D eigenvalue weighted by atomic mass is 16.5. The molecule has 1 aliphatic rings. The molecule has 0 unspecified atom stereocenters. The fraction of sp³-hybridized carbons (Fsp3) is 0.733. The van der Waals surface area contributed by atoms with Crippen LogP contribution in [0, 0.1) is 5.41 Å². The summed E-state index contributed by atoms with van der Waals surface area (Å²) in [7, 11) is 1.65. The number of nitrogens with one attached hydrogen (secondary N) is 2. The molecule has 0 spiro atoms. The summed E-state index contributed by atoms with van der Waals surface area (Å²) in [5, 5.41) is 10.1. The zero-order valence-corrected chi connectivity index (χ0v) is 13.2. The smallest absolute Gasteiger partial charge is 0.320 e. The van der Waals surface area contributed by atoms with Gasteiger partial charge >= 0.3 is 6.03 Å². The first-order valence-electron chi connectivity index (χ1n) is 7.58. The molecule has 1 fully saturated rings. The van der Waals surface area contributed by atoms with Crippen molar-refractivity contribution in [2.75, 3.05) is 19.0 Å². The Bertz CT molecular complexity index is 460. The Morgan fingerprint density at radius 3 is 2.86 bits per heavy atom. The van der Waals surface area contributed by atoms with Crippen LogP contribution in [-0.4, -0.2) is 35.6 Å². The van der Waals surface area contributed by atoms with E-state index in [4.69, 9.17) is 4.74 Å². The predicted octanol–water partition coefficient (Wildman–Crippen LogP) is 2.62. The van der Waals surface area contributed by atoms with Gasteiger partial charge in [-0.2, -0.15) is 5.10 Å². The van der Waals surface area contributed by atoms with Crippen LogP contribution in [0.5, 0.6) is 0 Å². The second kappa shape index (κ2) is 6.93. The zero-order chi connectivity index (χ0) is 15.3. The molecule has 2 N–H and O–H groups in total. The first-order valence-corrected chi connectivity index (χ1v) is 7.58. The fourth-order valence-electron chi connectivity index (χ4n) is 2.62. The minimum Gasteiger partial charge on any atom is -0.383 e. The van der Waals surface area contributed by atoms with Crippen LogP contribution in [-0.2, 0) is 11.3 Å². The molecule has 1 aliphatic carbocycles. The van der Waals surface area contributed by atoms with E-state index < -0.39 is 0 Å². The highest BCUT2D eigenvalue weighted by Gasteiger charge is 2.27. The number of urea groups is 1. The molecule has 21 heavy (non-hydrogen) atoms. The maximum Gasteiger partial charge on any atom is 0.320 e. The Morgan fingerprint density at radius 1 is 1.48 bits per heavy atom. The van der Waals surface area contributed by atoms with Crippen molar-refractivity contribution in [2.45, 2.75) is 52.1 Å². The van der Waals surface area contributed by atoms with Crippen molar-refractivity contribution in [3.05, 3.63) is 12.3 Å². The summed E-state index contributed by atoms with van der Waals surface area (Å²) in [5.74, 6) is 0.569. The first-order chi connectivity index (χ1) is 9.98. The van der Waals surface area contributed by atoms with Gasteiger partial charge in [0.1, 0.15) is 0 Å². The van der Waals surface area contributed by atoms with Crippen LogP contribution in [0.1, 0.15) is 39.5 Å². The number of hydrogen-bond donors (Lipinski definition) is 2. The van der Waals surface area contributed by atoms with E-state index in [1.54, 1.807) is 17.9 Å². The lowest BCUT2D eigenvalue weighted by atomic mass is 9.76. The van der Waals surface area contributed by atoms with E-state index >= 15 is 0 Å². The van der Waals surface area contributed by atoms with Crippen molar-refractivity contribution in [3.63, 3.8) is 0 Å². The van der Waals surface area contributed by atoms with Gasteiger partial charge in [0.25, 0.3) is 0 Å². The second-order valence-electron chi connectivity index (χ2n) is 6.49. The number of ether oxygens (including phenoxy) is 1. The number of aromatic nitrogens is 2. The van der Waals surface area contributed by atoms with Gasteiger partial charge in [-0.3, -0.25) is 10.00 Å². The van der Waals surface area contributed by atoms with Gasteiger partial charge in [0.05, 0.1) is 13.2 Å². The van der Waals surface area contributed by atoms with E-state index in [0.29, 0.717) is 24.4 Å². The van der Waals surface area contributed by atoms with Gasteiger partial charge in [0, 0.05) is 25.4 Å². The van der Waals surface area contributed by atoms with Crippen molar-refractivity contribution in [1.29, 1.82) is 0 Å². The lowest BCUT2D eigenvalue weighted by Crippen LogP contribution is -2.41. The van der Waals surface area contributed by atoms with Crippen molar-refractivity contribution in [1.82, 2.24) is 15.1 Å². The number of rotatable bonds is 5. The monoisotopic (exact) mass is 294 g/mol. The Hall–Kier alpha value is -1.56. The number of hydrogen-bond acceptors (Lipinski definition) is 3. The third kappa shape index (κ3) is 5.04. The maximum atomic E-state index is 12.0. The summed E-state index contributed by atoms with van der Waals surface area (Å²) in [4.78, 5) is 12.0. The van der Waals surface area contributed by atoms with Gasteiger partial charge in [-0.25, -0.2) is 4.79 Å². The third-order valence-electron chi connectivity index (χ3n) is 4.08. The van der Waals surface area contributed by atoms with E-state index in [-0.39, 0.29) is 12.1 Å². The molecule has 0 saturated heterocycles. The Labute approximate surface area is 126 Å². The van der Waals surface area contributed by atoms with Crippen LogP contribution in [0.4, 0.5) is 10.6 Å². The van der Waals surface area contributed by atoms with Crippen molar-refractivity contribution in [2.24, 2.45) is 5.41 Å². The predicted molar refractivity (Wildman–Crippen MR) is 82.3 cm³/mol.